The standard InChI is InChI=1S/C23H25ClN2O5/c24-20-12-17(21-7-9-23(27)26-25-21)4-8-22(20)29-11-1-10-28-13-16-2-5-18(6-3-16)30-14-19-15-31-19/h2-6,8,12,19H,1,7,9-11,13-15H2,(H,26,27). The summed E-state index contributed by atoms with van der Waals surface area (Å²) in [6.45, 7) is 3.04. The number of hydrogen-bond acceptors (Lipinski definition) is 6. The number of hydrazone groups is 1. The maximum Gasteiger partial charge on any atom is 0.240 e. The molecule has 31 heavy (non-hydrogen) atoms. The number of halogens is 1. The van der Waals surface area contributed by atoms with Crippen LogP contribution in [0.1, 0.15) is 30.4 Å². The summed E-state index contributed by atoms with van der Waals surface area (Å²) >= 11 is 6.34. The van der Waals surface area contributed by atoms with Gasteiger partial charge in [0.25, 0.3) is 0 Å². The topological polar surface area (TPSA) is 81.7 Å². The lowest BCUT2D eigenvalue weighted by atomic mass is 10.0. The van der Waals surface area contributed by atoms with Crippen LogP contribution in [0.3, 0.4) is 0 Å². The molecule has 1 fully saturated rings. The van der Waals surface area contributed by atoms with E-state index in [-0.39, 0.29) is 12.0 Å². The number of benzene rings is 2. The van der Waals surface area contributed by atoms with Crippen molar-refractivity contribution in [1.29, 1.82) is 0 Å². The second-order valence-corrected chi connectivity index (χ2v) is 7.81. The molecule has 2 aliphatic heterocycles. The molecule has 0 aliphatic carbocycles. The number of nitrogens with zero attached hydrogens (tertiary/aromatic N) is 1. The average molecular weight is 445 g/mol. The first kappa shape index (κ1) is 21.6. The minimum absolute atomic E-state index is 0.0672. The highest BCUT2D eigenvalue weighted by Crippen LogP contribution is 2.27. The molecule has 4 rings (SSSR count). The van der Waals surface area contributed by atoms with Crippen LogP contribution in [-0.4, -0.2) is 44.2 Å². The fourth-order valence-corrected chi connectivity index (χ4v) is 3.28. The molecule has 8 heteroatoms. The van der Waals surface area contributed by atoms with E-state index in [2.05, 4.69) is 10.5 Å². The third-order valence-corrected chi connectivity index (χ3v) is 5.19. The van der Waals surface area contributed by atoms with Crippen LogP contribution in [0, 0.1) is 0 Å². The van der Waals surface area contributed by atoms with Crippen LogP contribution in [0.5, 0.6) is 11.5 Å². The van der Waals surface area contributed by atoms with Crippen molar-refractivity contribution in [3.8, 4) is 11.5 Å². The van der Waals surface area contributed by atoms with Crippen molar-refractivity contribution in [1.82, 2.24) is 5.43 Å². The Morgan fingerprint density at radius 3 is 2.65 bits per heavy atom. The van der Waals surface area contributed by atoms with E-state index in [9.17, 15) is 4.79 Å². The molecule has 1 saturated heterocycles. The van der Waals surface area contributed by atoms with Gasteiger partial charge in [-0.15, -0.1) is 0 Å². The molecule has 2 heterocycles. The molecule has 2 aromatic carbocycles. The zero-order valence-corrected chi connectivity index (χ0v) is 17.9. The van der Waals surface area contributed by atoms with Gasteiger partial charge in [0, 0.05) is 19.3 Å². The summed E-state index contributed by atoms with van der Waals surface area (Å²) in [5.74, 6) is 1.40. The first-order valence-corrected chi connectivity index (χ1v) is 10.7. The second kappa shape index (κ2) is 10.6. The fourth-order valence-electron chi connectivity index (χ4n) is 3.05. The monoisotopic (exact) mass is 444 g/mol. The number of hydrogen-bond donors (Lipinski definition) is 1. The van der Waals surface area contributed by atoms with Crippen molar-refractivity contribution in [2.24, 2.45) is 5.10 Å². The normalized spacial score (nSPS) is 17.6. The second-order valence-electron chi connectivity index (χ2n) is 7.40. The quantitative estimate of drug-likeness (QED) is 0.422. The molecule has 2 aliphatic rings. The Morgan fingerprint density at radius 1 is 1.10 bits per heavy atom. The number of carbonyl (C=O) groups is 1. The third-order valence-electron chi connectivity index (χ3n) is 4.89. The van der Waals surface area contributed by atoms with E-state index in [1.807, 2.05) is 42.5 Å². The van der Waals surface area contributed by atoms with Gasteiger partial charge in [-0.05, 0) is 41.5 Å². The Hall–Kier alpha value is -2.61. The molecule has 1 N–H and O–H groups in total. The summed E-state index contributed by atoms with van der Waals surface area (Å²) in [5, 5.41) is 4.61. The first-order chi connectivity index (χ1) is 15.2. The van der Waals surface area contributed by atoms with E-state index < -0.39 is 0 Å². The van der Waals surface area contributed by atoms with Crippen molar-refractivity contribution in [2.45, 2.75) is 32.0 Å². The van der Waals surface area contributed by atoms with Crippen LogP contribution >= 0.6 is 11.6 Å². The lowest BCUT2D eigenvalue weighted by Gasteiger charge is -2.14. The maximum atomic E-state index is 11.2. The van der Waals surface area contributed by atoms with E-state index in [1.54, 1.807) is 0 Å². The highest BCUT2D eigenvalue weighted by atomic mass is 35.5. The van der Waals surface area contributed by atoms with Gasteiger partial charge in [-0.2, -0.15) is 5.10 Å². The van der Waals surface area contributed by atoms with E-state index in [0.29, 0.717) is 50.0 Å². The van der Waals surface area contributed by atoms with E-state index in [1.165, 1.54) is 0 Å². The molecule has 1 atom stereocenters. The van der Waals surface area contributed by atoms with Crippen LogP contribution in [0.4, 0.5) is 0 Å². The predicted octanol–water partition coefficient (Wildman–Crippen LogP) is 3.72. The molecule has 0 saturated carbocycles. The minimum atomic E-state index is -0.0672. The zero-order valence-electron chi connectivity index (χ0n) is 17.1. The van der Waals surface area contributed by atoms with Crippen LogP contribution in [0.2, 0.25) is 5.02 Å². The minimum Gasteiger partial charge on any atom is -0.492 e. The molecule has 164 valence electrons. The summed E-state index contributed by atoms with van der Waals surface area (Å²) in [5.41, 5.74) is 5.29. The number of rotatable bonds is 11. The molecule has 1 unspecified atom stereocenters. The lowest BCUT2D eigenvalue weighted by Crippen LogP contribution is -2.25. The van der Waals surface area contributed by atoms with Gasteiger partial charge in [-0.25, -0.2) is 5.43 Å². The Morgan fingerprint density at radius 2 is 1.94 bits per heavy atom. The summed E-state index contributed by atoms with van der Waals surface area (Å²) in [6.07, 6.45) is 2.04. The van der Waals surface area contributed by atoms with Gasteiger partial charge in [-0.3, -0.25) is 4.79 Å². The molecule has 0 bridgehead atoms. The smallest absolute Gasteiger partial charge is 0.240 e. The maximum absolute atomic E-state index is 11.2. The molecule has 0 radical (unpaired) electrons. The number of ether oxygens (including phenoxy) is 4. The summed E-state index contributed by atoms with van der Waals surface area (Å²) in [6, 6.07) is 13.4. The van der Waals surface area contributed by atoms with Gasteiger partial charge >= 0.3 is 0 Å². The molecular weight excluding hydrogens is 420 g/mol. The van der Waals surface area contributed by atoms with Crippen molar-refractivity contribution in [3.05, 3.63) is 58.6 Å². The van der Waals surface area contributed by atoms with Gasteiger partial charge in [0.05, 0.1) is 37.2 Å². The van der Waals surface area contributed by atoms with Crippen molar-refractivity contribution in [2.75, 3.05) is 26.4 Å². The van der Waals surface area contributed by atoms with Gasteiger partial charge in [0.2, 0.25) is 5.91 Å². The van der Waals surface area contributed by atoms with Crippen LogP contribution in [0.25, 0.3) is 0 Å². The van der Waals surface area contributed by atoms with Gasteiger partial charge in [0.1, 0.15) is 24.2 Å². The van der Waals surface area contributed by atoms with E-state index in [0.717, 1.165) is 35.6 Å². The first-order valence-electron chi connectivity index (χ1n) is 10.4. The Balaban J connectivity index is 1.13. The number of epoxide rings is 1. The Kier molecular flexibility index (Phi) is 7.40. The Bertz CT molecular complexity index is 928. The summed E-state index contributed by atoms with van der Waals surface area (Å²) < 4.78 is 22.2. The summed E-state index contributed by atoms with van der Waals surface area (Å²) in [4.78, 5) is 11.2. The molecule has 0 spiro atoms. The molecule has 1 amide bonds. The largest absolute Gasteiger partial charge is 0.492 e. The number of amides is 1. The predicted molar refractivity (Wildman–Crippen MR) is 117 cm³/mol. The number of nitrogens with one attached hydrogen (secondary N) is 1. The highest BCUT2D eigenvalue weighted by molar-refractivity contribution is 6.32. The molecular formula is C23H25ClN2O5. The van der Waals surface area contributed by atoms with E-state index in [4.69, 9.17) is 30.5 Å². The average Bonchev–Trinajstić information content (AvgIpc) is 3.61. The zero-order chi connectivity index (χ0) is 21.5. The number of carbonyl (C=O) groups excluding carboxylic acids is 1. The van der Waals surface area contributed by atoms with Gasteiger partial charge < -0.3 is 18.9 Å². The van der Waals surface area contributed by atoms with E-state index >= 15 is 0 Å². The van der Waals surface area contributed by atoms with Crippen LogP contribution in [-0.2, 0) is 20.9 Å². The SMILES string of the molecule is O=C1CCC(c2ccc(OCCCOCc3ccc(OCC4CO4)cc3)c(Cl)c2)=NN1. The van der Waals surface area contributed by atoms with Crippen molar-refractivity contribution < 1.29 is 23.7 Å². The van der Waals surface area contributed by atoms with Crippen molar-refractivity contribution in [3.63, 3.8) is 0 Å². The fraction of sp³-hybridized carbons (Fsp3) is 0.391. The van der Waals surface area contributed by atoms with Crippen molar-refractivity contribution >= 4 is 23.2 Å². The van der Waals surface area contributed by atoms with Gasteiger partial charge in [-0.1, -0.05) is 23.7 Å². The van der Waals surface area contributed by atoms with Crippen LogP contribution in [0.15, 0.2) is 47.6 Å². The highest BCUT2D eigenvalue weighted by Gasteiger charge is 2.23. The third kappa shape index (κ3) is 6.69. The lowest BCUT2D eigenvalue weighted by molar-refractivity contribution is -0.121. The molecule has 2 aromatic rings. The molecule has 0 aromatic heterocycles. The van der Waals surface area contributed by atoms with Crippen LogP contribution < -0.4 is 14.9 Å². The molecule has 7 nitrogen and oxygen atoms in total. The Labute approximate surface area is 186 Å². The van der Waals surface area contributed by atoms with Gasteiger partial charge in [0.15, 0.2) is 0 Å². The summed E-state index contributed by atoms with van der Waals surface area (Å²) in [7, 11) is 0.